The topological polar surface area (TPSA) is 78.4 Å². The quantitative estimate of drug-likeness (QED) is 0.233. The second-order valence-corrected chi connectivity index (χ2v) is 15.2. The summed E-state index contributed by atoms with van der Waals surface area (Å²) in [6.45, 7) is 18.9. The van der Waals surface area contributed by atoms with Crippen LogP contribution in [0.5, 0.6) is 5.75 Å². The Morgan fingerprint density at radius 2 is 1.60 bits per heavy atom. The standard InChI is InChI=1S/C39H53FN4O4/c1-27-33(36(37(45)46)48-38(2,3)4)35(44-19-17-39(5,6)18-20-44)34(32(41-27)26-43-23-21-42(7)22-24-43)29-10-14-31(15-11-29)47-25-16-28-8-12-30(40)13-9-28/h8-15,36H,16-26H2,1-7H3,(H,45,46)/t36-/m0/s1. The van der Waals surface area contributed by atoms with Crippen molar-refractivity contribution in [2.75, 3.05) is 57.8 Å². The molecule has 2 aromatic carbocycles. The first kappa shape index (κ1) is 35.8. The van der Waals surface area contributed by atoms with E-state index >= 15 is 0 Å². The Hall–Kier alpha value is -3.53. The Labute approximate surface area is 285 Å². The Balaban J connectivity index is 1.58. The lowest BCUT2D eigenvalue weighted by molar-refractivity contribution is -0.160. The van der Waals surface area contributed by atoms with E-state index in [0.29, 0.717) is 30.8 Å². The number of pyridine rings is 1. The minimum atomic E-state index is -1.17. The molecule has 2 fully saturated rings. The number of likely N-dealkylation sites (N-methyl/N-ethyl adjacent to an activating group) is 1. The van der Waals surface area contributed by atoms with Gasteiger partial charge in [0.05, 0.1) is 23.6 Å². The fourth-order valence-electron chi connectivity index (χ4n) is 6.62. The number of ether oxygens (including phenoxy) is 2. The summed E-state index contributed by atoms with van der Waals surface area (Å²) in [5.41, 5.74) is 5.68. The summed E-state index contributed by atoms with van der Waals surface area (Å²) < 4.78 is 25.7. The molecule has 2 aliphatic heterocycles. The number of nitrogens with zero attached hydrogens (tertiary/aromatic N) is 4. The van der Waals surface area contributed by atoms with Crippen LogP contribution < -0.4 is 9.64 Å². The second kappa shape index (κ2) is 14.9. The van der Waals surface area contributed by atoms with Gasteiger partial charge >= 0.3 is 5.97 Å². The van der Waals surface area contributed by atoms with E-state index in [1.165, 1.54) is 12.1 Å². The molecule has 3 aromatic rings. The van der Waals surface area contributed by atoms with Crippen LogP contribution >= 0.6 is 0 Å². The summed E-state index contributed by atoms with van der Waals surface area (Å²) in [7, 11) is 2.15. The molecule has 1 aromatic heterocycles. The number of benzene rings is 2. The SMILES string of the molecule is Cc1nc(CN2CCN(C)CC2)c(-c2ccc(OCCc3ccc(F)cc3)cc2)c(N2CCC(C)(C)CC2)c1[C@H](OC(C)(C)C)C(=O)O. The number of carboxylic acids is 1. The molecule has 2 saturated heterocycles. The van der Waals surface area contributed by atoms with Crippen LogP contribution in [0.4, 0.5) is 10.1 Å². The maximum absolute atomic E-state index is 13.3. The predicted molar refractivity (Wildman–Crippen MR) is 189 cm³/mol. The first-order chi connectivity index (χ1) is 22.7. The van der Waals surface area contributed by atoms with Crippen molar-refractivity contribution >= 4 is 11.7 Å². The highest BCUT2D eigenvalue weighted by Crippen LogP contribution is 2.45. The van der Waals surface area contributed by atoms with Crippen molar-refractivity contribution in [2.24, 2.45) is 5.41 Å². The Morgan fingerprint density at radius 1 is 0.979 bits per heavy atom. The van der Waals surface area contributed by atoms with Gasteiger partial charge in [-0.15, -0.1) is 0 Å². The van der Waals surface area contributed by atoms with Gasteiger partial charge in [0, 0.05) is 69.1 Å². The molecule has 0 aliphatic carbocycles. The highest BCUT2D eigenvalue weighted by Gasteiger charge is 2.37. The van der Waals surface area contributed by atoms with Gasteiger partial charge in [-0.3, -0.25) is 9.88 Å². The van der Waals surface area contributed by atoms with E-state index in [0.717, 1.165) is 85.9 Å². The van der Waals surface area contributed by atoms with E-state index in [4.69, 9.17) is 14.5 Å². The molecule has 1 atom stereocenters. The summed E-state index contributed by atoms with van der Waals surface area (Å²) in [5, 5.41) is 10.6. The summed E-state index contributed by atoms with van der Waals surface area (Å²) in [6.07, 6.45) is 1.50. The molecule has 2 aliphatic rings. The summed E-state index contributed by atoms with van der Waals surface area (Å²) in [4.78, 5) is 25.4. The van der Waals surface area contributed by atoms with Gasteiger partial charge in [-0.25, -0.2) is 9.18 Å². The molecule has 3 heterocycles. The minimum Gasteiger partial charge on any atom is -0.493 e. The Morgan fingerprint density at radius 3 is 2.19 bits per heavy atom. The highest BCUT2D eigenvalue weighted by atomic mass is 19.1. The highest BCUT2D eigenvalue weighted by molar-refractivity contribution is 5.88. The van der Waals surface area contributed by atoms with E-state index in [2.05, 4.69) is 47.7 Å². The number of rotatable bonds is 11. The lowest BCUT2D eigenvalue weighted by Crippen LogP contribution is -2.44. The van der Waals surface area contributed by atoms with Crippen LogP contribution in [0.3, 0.4) is 0 Å². The zero-order chi connectivity index (χ0) is 34.6. The van der Waals surface area contributed by atoms with Gasteiger partial charge < -0.3 is 24.4 Å². The van der Waals surface area contributed by atoms with Crippen molar-refractivity contribution in [3.63, 3.8) is 0 Å². The maximum atomic E-state index is 13.3. The molecule has 260 valence electrons. The van der Waals surface area contributed by atoms with E-state index < -0.39 is 17.7 Å². The second-order valence-electron chi connectivity index (χ2n) is 15.2. The number of aliphatic carboxylic acids is 1. The number of aromatic nitrogens is 1. The van der Waals surface area contributed by atoms with Crippen molar-refractivity contribution in [1.82, 2.24) is 14.8 Å². The third kappa shape index (κ3) is 9.12. The van der Waals surface area contributed by atoms with Gasteiger partial charge in [0.15, 0.2) is 6.10 Å². The molecule has 0 radical (unpaired) electrons. The first-order valence-electron chi connectivity index (χ1n) is 17.3. The third-order valence-corrected chi connectivity index (χ3v) is 9.55. The number of carboxylic acid groups (broad SMARTS) is 1. The smallest absolute Gasteiger partial charge is 0.337 e. The van der Waals surface area contributed by atoms with Crippen LogP contribution in [-0.4, -0.2) is 84.4 Å². The number of hydrogen-bond acceptors (Lipinski definition) is 7. The molecule has 5 rings (SSSR count). The molecule has 48 heavy (non-hydrogen) atoms. The molecule has 0 saturated carbocycles. The van der Waals surface area contributed by atoms with Crippen molar-refractivity contribution in [1.29, 1.82) is 0 Å². The average molecular weight is 661 g/mol. The number of piperazine rings is 1. The first-order valence-corrected chi connectivity index (χ1v) is 17.3. The fraction of sp³-hybridized carbons (Fsp3) is 0.538. The van der Waals surface area contributed by atoms with Crippen LogP contribution in [0.15, 0.2) is 48.5 Å². The van der Waals surface area contributed by atoms with Crippen molar-refractivity contribution < 1.29 is 23.8 Å². The zero-order valence-corrected chi connectivity index (χ0v) is 29.8. The number of anilines is 1. The number of carbonyl (C=O) groups is 1. The van der Waals surface area contributed by atoms with Crippen molar-refractivity contribution in [3.05, 3.63) is 76.9 Å². The summed E-state index contributed by atoms with van der Waals surface area (Å²) in [6, 6.07) is 14.6. The molecule has 0 amide bonds. The molecular formula is C39H53FN4O4. The maximum Gasteiger partial charge on any atom is 0.337 e. The average Bonchev–Trinajstić information content (AvgIpc) is 3.02. The lowest BCUT2D eigenvalue weighted by atomic mass is 9.81. The number of hydrogen-bond donors (Lipinski definition) is 1. The van der Waals surface area contributed by atoms with Gasteiger partial charge in [-0.1, -0.05) is 38.1 Å². The molecular weight excluding hydrogens is 607 g/mol. The normalized spacial score (nSPS) is 18.1. The van der Waals surface area contributed by atoms with E-state index in [1.54, 1.807) is 12.1 Å². The molecule has 1 N–H and O–H groups in total. The van der Waals surface area contributed by atoms with Gasteiger partial charge in [-0.2, -0.15) is 0 Å². The minimum absolute atomic E-state index is 0.211. The molecule has 9 heteroatoms. The number of piperidine rings is 1. The molecule has 0 bridgehead atoms. The lowest BCUT2D eigenvalue weighted by Gasteiger charge is -2.41. The van der Waals surface area contributed by atoms with Crippen molar-refractivity contribution in [2.45, 2.75) is 79.1 Å². The summed E-state index contributed by atoms with van der Waals surface area (Å²) >= 11 is 0. The van der Waals surface area contributed by atoms with Gasteiger partial charge in [0.1, 0.15) is 11.6 Å². The molecule has 8 nitrogen and oxygen atoms in total. The zero-order valence-electron chi connectivity index (χ0n) is 29.8. The van der Waals surface area contributed by atoms with Crippen LogP contribution in [0, 0.1) is 18.2 Å². The van der Waals surface area contributed by atoms with Crippen LogP contribution in [-0.2, 0) is 22.5 Å². The van der Waals surface area contributed by atoms with Gasteiger partial charge in [-0.05, 0) is 88.4 Å². The van der Waals surface area contributed by atoms with Crippen LogP contribution in [0.25, 0.3) is 11.1 Å². The molecule has 0 unspecified atom stereocenters. The molecule has 0 spiro atoms. The number of halogens is 1. The van der Waals surface area contributed by atoms with E-state index in [-0.39, 0.29) is 11.2 Å². The largest absolute Gasteiger partial charge is 0.493 e. The third-order valence-electron chi connectivity index (χ3n) is 9.55. The van der Waals surface area contributed by atoms with E-state index in [9.17, 15) is 14.3 Å². The van der Waals surface area contributed by atoms with E-state index in [1.807, 2.05) is 39.8 Å². The van der Waals surface area contributed by atoms with Gasteiger partial charge in [0.2, 0.25) is 0 Å². The van der Waals surface area contributed by atoms with Crippen LogP contribution in [0.1, 0.15) is 76.1 Å². The Bertz CT molecular complexity index is 1530. The van der Waals surface area contributed by atoms with Crippen LogP contribution in [0.2, 0.25) is 0 Å². The number of aryl methyl sites for hydroxylation is 1. The van der Waals surface area contributed by atoms with Crippen molar-refractivity contribution in [3.8, 4) is 16.9 Å². The summed E-state index contributed by atoms with van der Waals surface area (Å²) in [5.74, 6) is -0.526. The van der Waals surface area contributed by atoms with Gasteiger partial charge in [0.25, 0.3) is 0 Å². The Kier molecular flexibility index (Phi) is 11.1. The monoisotopic (exact) mass is 660 g/mol. The fourth-order valence-corrected chi connectivity index (χ4v) is 6.62. The predicted octanol–water partition coefficient (Wildman–Crippen LogP) is 7.13.